The Bertz CT molecular complexity index is 1230. The Morgan fingerprint density at radius 1 is 1.03 bits per heavy atom. The van der Waals surface area contributed by atoms with Crippen LogP contribution in [-0.4, -0.2) is 50.3 Å². The van der Waals surface area contributed by atoms with Crippen molar-refractivity contribution in [2.75, 3.05) is 19.7 Å². The second-order valence-electron chi connectivity index (χ2n) is 10.2. The third-order valence-corrected chi connectivity index (χ3v) is 8.18. The Kier molecular flexibility index (Phi) is 6.76. The van der Waals surface area contributed by atoms with Gasteiger partial charge in [0.2, 0.25) is 5.28 Å². The molecule has 1 saturated carbocycles. The number of fused-ring (bicyclic) bond motifs is 1. The molecular weight excluding hydrogens is 472 g/mol. The van der Waals surface area contributed by atoms with E-state index in [1.165, 1.54) is 19.3 Å². The minimum Gasteiger partial charge on any atom is -0.494 e. The quantitative estimate of drug-likeness (QED) is 0.279. The van der Waals surface area contributed by atoms with E-state index in [0.717, 1.165) is 74.4 Å². The van der Waals surface area contributed by atoms with Crippen LogP contribution in [0.4, 0.5) is 0 Å². The number of aromatic nitrogens is 4. The number of hydrogen-bond acceptors (Lipinski definition) is 6. The SMILES string of the molecule is Clc1nc(C2(N3CCC(CCCOc4ccccc4)CC3)C=CC=N2)c2ncn(C3CCCC3)c2n1. The third-order valence-electron chi connectivity index (χ3n) is 8.01. The van der Waals surface area contributed by atoms with Crippen LogP contribution in [0.5, 0.6) is 5.75 Å². The molecule has 0 amide bonds. The van der Waals surface area contributed by atoms with Crippen molar-refractivity contribution < 1.29 is 4.74 Å². The fourth-order valence-corrected chi connectivity index (χ4v) is 6.26. The van der Waals surface area contributed by atoms with Gasteiger partial charge in [-0.2, -0.15) is 4.98 Å². The van der Waals surface area contributed by atoms with Crippen LogP contribution < -0.4 is 4.74 Å². The van der Waals surface area contributed by atoms with Gasteiger partial charge in [-0.15, -0.1) is 0 Å². The normalized spacial score (nSPS) is 23.2. The molecule has 1 aliphatic carbocycles. The average molecular weight is 505 g/mol. The molecule has 0 bridgehead atoms. The van der Waals surface area contributed by atoms with Crippen molar-refractivity contribution >= 4 is 29.0 Å². The first kappa shape index (κ1) is 23.6. The first-order valence-electron chi connectivity index (χ1n) is 13.3. The van der Waals surface area contributed by atoms with Crippen LogP contribution in [0.2, 0.25) is 5.28 Å². The monoisotopic (exact) mass is 504 g/mol. The van der Waals surface area contributed by atoms with Gasteiger partial charge < -0.3 is 9.30 Å². The molecule has 0 spiro atoms. The van der Waals surface area contributed by atoms with Crippen LogP contribution >= 0.6 is 11.6 Å². The number of piperidine rings is 1. The lowest BCUT2D eigenvalue weighted by Gasteiger charge is -2.41. The molecule has 1 atom stereocenters. The van der Waals surface area contributed by atoms with E-state index in [1.807, 2.05) is 48.9 Å². The van der Waals surface area contributed by atoms with Gasteiger partial charge in [-0.25, -0.2) is 9.97 Å². The molecular formula is C28H33ClN6O. The Hall–Kier alpha value is -2.77. The van der Waals surface area contributed by atoms with Gasteiger partial charge in [0.05, 0.1) is 12.9 Å². The minimum atomic E-state index is -0.666. The Labute approximate surface area is 217 Å². The van der Waals surface area contributed by atoms with Crippen molar-refractivity contribution in [1.29, 1.82) is 0 Å². The van der Waals surface area contributed by atoms with Crippen molar-refractivity contribution in [2.45, 2.75) is 63.1 Å². The first-order chi connectivity index (χ1) is 17.7. The lowest BCUT2D eigenvalue weighted by atomic mass is 9.89. The molecule has 8 heteroatoms. The first-order valence-corrected chi connectivity index (χ1v) is 13.7. The number of imidazole rings is 1. The molecule has 1 saturated heterocycles. The van der Waals surface area contributed by atoms with E-state index in [-0.39, 0.29) is 5.28 Å². The number of nitrogens with zero attached hydrogens (tertiary/aromatic N) is 6. The largest absolute Gasteiger partial charge is 0.494 e. The molecule has 1 aromatic carbocycles. The summed E-state index contributed by atoms with van der Waals surface area (Å²) in [5.74, 6) is 1.65. The van der Waals surface area contributed by atoms with E-state index in [1.54, 1.807) is 0 Å². The fourth-order valence-electron chi connectivity index (χ4n) is 6.09. The Morgan fingerprint density at radius 2 is 1.83 bits per heavy atom. The van der Waals surface area contributed by atoms with Gasteiger partial charge in [0.1, 0.15) is 17.0 Å². The summed E-state index contributed by atoms with van der Waals surface area (Å²) >= 11 is 6.51. The molecule has 2 fully saturated rings. The van der Waals surface area contributed by atoms with Gasteiger partial charge in [0, 0.05) is 25.3 Å². The molecule has 6 rings (SSSR count). The second-order valence-corrected chi connectivity index (χ2v) is 10.5. The molecule has 4 heterocycles. The number of allylic oxidation sites excluding steroid dienone is 1. The van der Waals surface area contributed by atoms with Gasteiger partial charge in [0.25, 0.3) is 0 Å². The van der Waals surface area contributed by atoms with Gasteiger partial charge >= 0.3 is 0 Å². The van der Waals surface area contributed by atoms with Crippen LogP contribution in [0, 0.1) is 5.92 Å². The summed E-state index contributed by atoms with van der Waals surface area (Å²) in [5.41, 5.74) is 1.78. The Morgan fingerprint density at radius 3 is 2.58 bits per heavy atom. The number of benzene rings is 1. The number of hydrogen-bond donors (Lipinski definition) is 0. The average Bonchev–Trinajstić information content (AvgIpc) is 3.68. The molecule has 2 aliphatic heterocycles. The number of ether oxygens (including phenoxy) is 1. The van der Waals surface area contributed by atoms with Crippen molar-refractivity contribution in [1.82, 2.24) is 24.4 Å². The smallest absolute Gasteiger partial charge is 0.224 e. The van der Waals surface area contributed by atoms with E-state index in [2.05, 4.69) is 20.5 Å². The van der Waals surface area contributed by atoms with Crippen LogP contribution in [0.1, 0.15) is 63.1 Å². The maximum absolute atomic E-state index is 6.51. The number of likely N-dealkylation sites (tertiary alicyclic amines) is 1. The summed E-state index contributed by atoms with van der Waals surface area (Å²) < 4.78 is 8.10. The van der Waals surface area contributed by atoms with E-state index in [4.69, 9.17) is 31.3 Å². The summed E-state index contributed by atoms with van der Waals surface area (Å²) in [4.78, 5) is 21.6. The van der Waals surface area contributed by atoms with E-state index < -0.39 is 5.66 Å². The Balaban J connectivity index is 1.16. The maximum Gasteiger partial charge on any atom is 0.224 e. The van der Waals surface area contributed by atoms with Crippen LogP contribution in [0.15, 0.2) is 53.8 Å². The lowest BCUT2D eigenvalue weighted by Crippen LogP contribution is -2.47. The molecule has 7 nitrogen and oxygen atoms in total. The molecule has 0 radical (unpaired) electrons. The number of halogens is 1. The van der Waals surface area contributed by atoms with Gasteiger partial charge in [-0.1, -0.05) is 31.0 Å². The van der Waals surface area contributed by atoms with Crippen LogP contribution in [0.3, 0.4) is 0 Å². The third kappa shape index (κ3) is 4.55. The summed E-state index contributed by atoms with van der Waals surface area (Å²) in [7, 11) is 0. The molecule has 36 heavy (non-hydrogen) atoms. The summed E-state index contributed by atoms with van der Waals surface area (Å²) in [6, 6.07) is 10.5. The van der Waals surface area contributed by atoms with E-state index in [9.17, 15) is 0 Å². The zero-order valence-corrected chi connectivity index (χ0v) is 21.4. The maximum atomic E-state index is 6.51. The molecule has 3 aliphatic rings. The van der Waals surface area contributed by atoms with Crippen molar-refractivity contribution in [3.63, 3.8) is 0 Å². The second kappa shape index (κ2) is 10.3. The number of rotatable bonds is 8. The fraction of sp³-hybridized carbons (Fsp3) is 0.500. The minimum absolute atomic E-state index is 0.264. The van der Waals surface area contributed by atoms with E-state index in [0.29, 0.717) is 12.0 Å². The predicted molar refractivity (Wildman–Crippen MR) is 143 cm³/mol. The summed E-state index contributed by atoms with van der Waals surface area (Å²) in [5, 5.41) is 0.264. The standard InChI is InChI=1S/C28H33ClN6O/c29-27-32-25(24-26(33-27)35(20-30-24)22-9-4-5-10-22)28(15-7-16-31-28)34-17-13-21(14-18-34)8-6-19-36-23-11-2-1-3-12-23/h1-3,7,11-12,15-16,20-22H,4-6,8-10,13-14,17-19H2. The highest BCUT2D eigenvalue weighted by molar-refractivity contribution is 6.28. The highest BCUT2D eigenvalue weighted by atomic mass is 35.5. The molecule has 0 N–H and O–H groups in total. The molecule has 3 aromatic rings. The van der Waals surface area contributed by atoms with Crippen molar-refractivity contribution in [2.24, 2.45) is 10.9 Å². The topological polar surface area (TPSA) is 68.4 Å². The lowest BCUT2D eigenvalue weighted by molar-refractivity contribution is 0.0827. The zero-order valence-electron chi connectivity index (χ0n) is 20.6. The van der Waals surface area contributed by atoms with E-state index >= 15 is 0 Å². The van der Waals surface area contributed by atoms with Crippen LogP contribution in [-0.2, 0) is 5.66 Å². The van der Waals surface area contributed by atoms with Crippen molar-refractivity contribution in [3.05, 3.63) is 59.8 Å². The van der Waals surface area contributed by atoms with Gasteiger partial charge in [0.15, 0.2) is 11.3 Å². The molecule has 1 unspecified atom stereocenters. The van der Waals surface area contributed by atoms with Gasteiger partial charge in [-0.3, -0.25) is 9.89 Å². The zero-order chi connectivity index (χ0) is 24.4. The van der Waals surface area contributed by atoms with Crippen molar-refractivity contribution in [3.8, 4) is 5.75 Å². The van der Waals surface area contributed by atoms with Gasteiger partial charge in [-0.05, 0) is 80.3 Å². The summed E-state index contributed by atoms with van der Waals surface area (Å²) in [6.45, 7) is 2.68. The number of para-hydroxylation sites is 1. The summed E-state index contributed by atoms with van der Waals surface area (Å²) in [6.07, 6.45) is 17.3. The molecule has 2 aromatic heterocycles. The molecule has 188 valence electrons. The predicted octanol–water partition coefficient (Wildman–Crippen LogP) is 5.96. The number of aliphatic imine (C=N–C) groups is 1. The van der Waals surface area contributed by atoms with Crippen LogP contribution in [0.25, 0.3) is 11.2 Å². The highest BCUT2D eigenvalue weighted by Gasteiger charge is 2.43. The highest BCUT2D eigenvalue weighted by Crippen LogP contribution is 2.41.